The summed E-state index contributed by atoms with van der Waals surface area (Å²) >= 11 is 0. The molecular formula is C15H16F6NO5S-. The first kappa shape index (κ1) is 24.0. The molecule has 0 radical (unpaired) electrons. The molecule has 0 aliphatic heterocycles. The molecule has 6 nitrogen and oxygen atoms in total. The lowest BCUT2D eigenvalue weighted by atomic mass is 9.80. The van der Waals surface area contributed by atoms with E-state index in [9.17, 15) is 44.1 Å². The molecule has 1 amide bonds. The SMILES string of the molecule is CC(C)(C)OC(=O)Nc1ccc(C(CS(=O)(=O)[O-])(C(F)(F)F)C(F)(F)F)cc1. The van der Waals surface area contributed by atoms with Crippen LogP contribution in [-0.4, -0.2) is 42.8 Å². The molecular weight excluding hydrogens is 420 g/mol. The van der Waals surface area contributed by atoms with Crippen molar-refractivity contribution in [3.63, 3.8) is 0 Å². The molecule has 28 heavy (non-hydrogen) atoms. The van der Waals surface area contributed by atoms with E-state index in [2.05, 4.69) is 5.32 Å². The molecule has 160 valence electrons. The van der Waals surface area contributed by atoms with Crippen LogP contribution in [0.4, 0.5) is 36.8 Å². The van der Waals surface area contributed by atoms with Gasteiger partial charge in [-0.15, -0.1) is 0 Å². The van der Waals surface area contributed by atoms with E-state index in [4.69, 9.17) is 4.74 Å². The van der Waals surface area contributed by atoms with Crippen LogP contribution in [-0.2, 0) is 20.3 Å². The quantitative estimate of drug-likeness (QED) is 0.570. The van der Waals surface area contributed by atoms with Crippen molar-refractivity contribution in [3.8, 4) is 0 Å². The average Bonchev–Trinajstić information content (AvgIpc) is 2.40. The maximum absolute atomic E-state index is 13.4. The van der Waals surface area contributed by atoms with Crippen molar-refractivity contribution in [2.75, 3.05) is 11.1 Å². The number of amides is 1. The fourth-order valence-electron chi connectivity index (χ4n) is 2.26. The zero-order valence-corrected chi connectivity index (χ0v) is 15.6. The Labute approximate surface area is 156 Å². The molecule has 0 atom stereocenters. The minimum Gasteiger partial charge on any atom is -0.748 e. The van der Waals surface area contributed by atoms with E-state index >= 15 is 0 Å². The molecule has 0 aliphatic rings. The monoisotopic (exact) mass is 436 g/mol. The van der Waals surface area contributed by atoms with Gasteiger partial charge in [0.1, 0.15) is 5.60 Å². The first-order valence-corrected chi connectivity index (χ1v) is 9.04. The van der Waals surface area contributed by atoms with Gasteiger partial charge in [0.2, 0.25) is 0 Å². The van der Waals surface area contributed by atoms with Gasteiger partial charge in [-0.05, 0) is 38.5 Å². The number of rotatable bonds is 4. The molecule has 0 fully saturated rings. The molecule has 1 aromatic carbocycles. The normalized spacial score (nSPS) is 13.9. The highest BCUT2D eigenvalue weighted by atomic mass is 32.2. The third kappa shape index (κ3) is 5.74. The Balaban J connectivity index is 3.39. The summed E-state index contributed by atoms with van der Waals surface area (Å²) < 4.78 is 118. The minimum absolute atomic E-state index is 0.207. The fraction of sp³-hybridized carbons (Fsp3) is 0.533. The summed E-state index contributed by atoms with van der Waals surface area (Å²) in [5, 5.41) is 2.10. The number of ether oxygens (including phenoxy) is 1. The van der Waals surface area contributed by atoms with Gasteiger partial charge in [-0.2, -0.15) is 26.3 Å². The number of benzene rings is 1. The van der Waals surface area contributed by atoms with E-state index in [1.54, 1.807) is 0 Å². The Morgan fingerprint density at radius 2 is 1.43 bits per heavy atom. The van der Waals surface area contributed by atoms with Gasteiger partial charge < -0.3 is 9.29 Å². The Bertz CT molecular complexity index is 795. The van der Waals surface area contributed by atoms with Crippen LogP contribution in [0.3, 0.4) is 0 Å². The second-order valence-electron chi connectivity index (χ2n) is 6.81. The molecule has 0 heterocycles. The second kappa shape index (κ2) is 7.43. The molecule has 13 heteroatoms. The smallest absolute Gasteiger partial charge is 0.412 e. The van der Waals surface area contributed by atoms with Gasteiger partial charge in [0.05, 0.1) is 15.9 Å². The zero-order valence-electron chi connectivity index (χ0n) is 14.7. The number of halogens is 6. The molecule has 1 aromatic rings. The van der Waals surface area contributed by atoms with Crippen LogP contribution in [0, 0.1) is 0 Å². The molecule has 0 unspecified atom stereocenters. The standard InChI is InChI=1S/C15H17F6NO5S/c1-12(2,3)27-11(23)22-10-6-4-9(5-7-10)13(14(16,17)18,15(19,20)21)8-28(24,25)26/h4-7H,8H2,1-3H3,(H,22,23)(H,24,25,26)/p-1. The Morgan fingerprint density at radius 1 is 1.00 bits per heavy atom. The van der Waals surface area contributed by atoms with Crippen molar-refractivity contribution in [2.24, 2.45) is 0 Å². The molecule has 0 aliphatic carbocycles. The Hall–Kier alpha value is -2.02. The van der Waals surface area contributed by atoms with E-state index in [0.29, 0.717) is 24.3 Å². The highest BCUT2D eigenvalue weighted by Crippen LogP contribution is 2.52. The van der Waals surface area contributed by atoms with Crippen molar-refractivity contribution in [1.82, 2.24) is 0 Å². The van der Waals surface area contributed by atoms with Crippen molar-refractivity contribution in [3.05, 3.63) is 29.8 Å². The van der Waals surface area contributed by atoms with Crippen LogP contribution in [0.15, 0.2) is 24.3 Å². The minimum atomic E-state index is -6.14. The first-order valence-electron chi connectivity index (χ1n) is 7.46. The van der Waals surface area contributed by atoms with E-state index in [0.717, 1.165) is 0 Å². The largest absolute Gasteiger partial charge is 0.748 e. The van der Waals surface area contributed by atoms with Gasteiger partial charge in [0.15, 0.2) is 5.41 Å². The zero-order chi connectivity index (χ0) is 22.2. The summed E-state index contributed by atoms with van der Waals surface area (Å²) in [5.41, 5.74) is -7.55. The lowest BCUT2D eigenvalue weighted by Gasteiger charge is -2.38. The molecule has 0 bridgehead atoms. The number of alkyl halides is 6. The van der Waals surface area contributed by atoms with Gasteiger partial charge in [0, 0.05) is 5.69 Å². The summed E-state index contributed by atoms with van der Waals surface area (Å²) in [4.78, 5) is 11.6. The number of carbonyl (C=O) groups is 1. The van der Waals surface area contributed by atoms with Crippen LogP contribution in [0.2, 0.25) is 0 Å². The number of carbonyl (C=O) groups excluding carboxylic acids is 1. The van der Waals surface area contributed by atoms with Crippen LogP contribution in [0.1, 0.15) is 26.3 Å². The second-order valence-corrected chi connectivity index (χ2v) is 8.21. The highest BCUT2D eigenvalue weighted by molar-refractivity contribution is 7.85. The number of anilines is 1. The van der Waals surface area contributed by atoms with Crippen LogP contribution >= 0.6 is 0 Å². The molecule has 0 spiro atoms. The van der Waals surface area contributed by atoms with Crippen molar-refractivity contribution >= 4 is 21.9 Å². The molecule has 0 saturated heterocycles. The molecule has 1 rings (SSSR count). The maximum atomic E-state index is 13.4. The van der Waals surface area contributed by atoms with Gasteiger partial charge in [0.25, 0.3) is 0 Å². The van der Waals surface area contributed by atoms with Crippen molar-refractivity contribution in [2.45, 2.75) is 44.1 Å². The van der Waals surface area contributed by atoms with Crippen molar-refractivity contribution in [1.29, 1.82) is 0 Å². The van der Waals surface area contributed by atoms with E-state index in [-0.39, 0.29) is 5.69 Å². The van der Waals surface area contributed by atoms with Crippen molar-refractivity contribution < 1.29 is 48.8 Å². The summed E-state index contributed by atoms with van der Waals surface area (Å²) in [5.74, 6) is -2.76. The summed E-state index contributed by atoms with van der Waals surface area (Å²) in [6.07, 6.45) is -13.3. The van der Waals surface area contributed by atoms with Crippen LogP contribution in [0.25, 0.3) is 0 Å². The van der Waals surface area contributed by atoms with Gasteiger partial charge >= 0.3 is 18.4 Å². The van der Waals surface area contributed by atoms with Crippen LogP contribution in [0.5, 0.6) is 0 Å². The van der Waals surface area contributed by atoms with E-state index in [1.165, 1.54) is 20.8 Å². The Kier molecular flexibility index (Phi) is 6.37. The van der Waals surface area contributed by atoms with E-state index in [1.807, 2.05) is 0 Å². The molecule has 0 saturated carbocycles. The summed E-state index contributed by atoms with van der Waals surface area (Å²) in [6, 6.07) is 2.06. The van der Waals surface area contributed by atoms with Crippen LogP contribution < -0.4 is 5.32 Å². The first-order chi connectivity index (χ1) is 12.3. The average molecular weight is 436 g/mol. The van der Waals surface area contributed by atoms with E-state index < -0.39 is 50.9 Å². The third-order valence-corrected chi connectivity index (χ3v) is 4.17. The summed E-state index contributed by atoms with van der Waals surface area (Å²) in [7, 11) is -5.93. The predicted octanol–water partition coefficient (Wildman–Crippen LogP) is 3.94. The third-order valence-electron chi connectivity index (χ3n) is 3.38. The lowest BCUT2D eigenvalue weighted by molar-refractivity contribution is -0.296. The highest BCUT2D eigenvalue weighted by Gasteiger charge is 2.72. The molecule has 1 N–H and O–H groups in total. The summed E-state index contributed by atoms with van der Waals surface area (Å²) in [6.45, 7) is 4.58. The maximum Gasteiger partial charge on any atom is 0.412 e. The van der Waals surface area contributed by atoms with Gasteiger partial charge in [-0.25, -0.2) is 13.2 Å². The topological polar surface area (TPSA) is 95.5 Å². The lowest BCUT2D eigenvalue weighted by Crippen LogP contribution is -2.58. The number of hydrogen-bond donors (Lipinski definition) is 1. The number of hydrogen-bond acceptors (Lipinski definition) is 5. The van der Waals surface area contributed by atoms with Gasteiger partial charge in [-0.1, -0.05) is 12.1 Å². The predicted molar refractivity (Wildman–Crippen MR) is 84.7 cm³/mol. The molecule has 0 aromatic heterocycles. The Morgan fingerprint density at radius 3 is 1.75 bits per heavy atom. The van der Waals surface area contributed by atoms with Gasteiger partial charge in [-0.3, -0.25) is 5.32 Å². The fourth-order valence-corrected chi connectivity index (χ4v) is 3.28. The number of nitrogens with one attached hydrogen (secondary N) is 1.